The van der Waals surface area contributed by atoms with Crippen molar-refractivity contribution < 1.29 is 19.5 Å². The molecule has 192 valence electrons. The van der Waals surface area contributed by atoms with Gasteiger partial charge in [0.1, 0.15) is 11.4 Å². The molecule has 4 rings (SSSR count). The molecule has 0 atom stereocenters. The van der Waals surface area contributed by atoms with E-state index in [1.165, 1.54) is 0 Å². The predicted molar refractivity (Wildman–Crippen MR) is 156 cm³/mol. The summed E-state index contributed by atoms with van der Waals surface area (Å²) >= 11 is 9.90. The van der Waals surface area contributed by atoms with E-state index >= 15 is 0 Å². The second kappa shape index (κ2) is 17.5. The summed E-state index contributed by atoms with van der Waals surface area (Å²) in [6.07, 6.45) is 6.82. The second-order valence-electron chi connectivity index (χ2n) is 7.06. The van der Waals surface area contributed by atoms with E-state index in [0.717, 1.165) is 0 Å². The van der Waals surface area contributed by atoms with E-state index in [9.17, 15) is 0 Å². The molecule has 4 heterocycles. The minimum Gasteiger partial charge on any atom is -0.741 e. The van der Waals surface area contributed by atoms with Crippen LogP contribution >= 0.6 is 0 Å². The summed E-state index contributed by atoms with van der Waals surface area (Å²) < 4.78 is 0. The topological polar surface area (TPSA) is 125 Å². The monoisotopic (exact) mass is 604 g/mol. The Morgan fingerprint density at radius 1 is 0.538 bits per heavy atom. The van der Waals surface area contributed by atoms with E-state index in [4.69, 9.17) is 25.3 Å². The normalized spacial score (nSPS) is 10.6. The molecule has 0 fully saturated rings. The van der Waals surface area contributed by atoms with E-state index in [0.29, 0.717) is 44.5 Å². The van der Waals surface area contributed by atoms with E-state index in [-0.39, 0.29) is 19.5 Å². The first-order valence-electron chi connectivity index (χ1n) is 11.2. The van der Waals surface area contributed by atoms with Crippen LogP contribution in [-0.4, -0.2) is 55.8 Å². The van der Waals surface area contributed by atoms with Crippen molar-refractivity contribution >= 4 is 47.0 Å². The minimum atomic E-state index is 0. The molecule has 4 aromatic heterocycles. The molecule has 0 aliphatic heterocycles. The van der Waals surface area contributed by atoms with Gasteiger partial charge in [0.25, 0.3) is 0 Å². The van der Waals surface area contributed by atoms with Gasteiger partial charge in [-0.05, 0) is 58.9 Å². The van der Waals surface area contributed by atoms with Crippen LogP contribution in [0.3, 0.4) is 0 Å². The van der Waals surface area contributed by atoms with Crippen molar-refractivity contribution in [3.63, 3.8) is 0 Å². The van der Waals surface area contributed by atoms with Crippen molar-refractivity contribution in [1.29, 1.82) is 0 Å². The molecule has 0 radical (unpaired) electrons. The Bertz CT molecular complexity index is 1190. The van der Waals surface area contributed by atoms with Crippen LogP contribution in [0.25, 0.3) is 0 Å². The van der Waals surface area contributed by atoms with E-state index in [1.807, 2.05) is 72.8 Å². The van der Waals surface area contributed by atoms with E-state index < -0.39 is 0 Å². The first-order valence-corrected chi connectivity index (χ1v) is 12.0. The van der Waals surface area contributed by atoms with Crippen LogP contribution in [0.4, 0.5) is 0 Å². The SMILES string of the molecule is CN=C([S-])NN=C(c1ccccn1)c1ccccn1.CN=C([S-])NN=C(c1ccccn1)c1ccccn1.[Zn+2]. The van der Waals surface area contributed by atoms with Gasteiger partial charge in [0.05, 0.1) is 22.8 Å². The standard InChI is InChI=1S/2C13H13N5S.Zn/c2*1-14-13(19)18-17-12(10-6-2-4-8-15-10)11-7-3-5-9-16-11;/h2*2-9H,1H3,(H2,14,18,19);/q;;+2/p-2. The van der Waals surface area contributed by atoms with Crippen molar-refractivity contribution in [2.75, 3.05) is 14.1 Å². The maximum absolute atomic E-state index is 4.95. The van der Waals surface area contributed by atoms with Crippen LogP contribution in [0.15, 0.2) is 118 Å². The van der Waals surface area contributed by atoms with Gasteiger partial charge in [-0.25, -0.2) is 0 Å². The molecule has 2 N–H and O–H groups in total. The molecule has 4 aromatic rings. The van der Waals surface area contributed by atoms with Gasteiger partial charge < -0.3 is 25.3 Å². The molecular weight excluding hydrogens is 582 g/mol. The van der Waals surface area contributed by atoms with Gasteiger partial charge in [0.2, 0.25) is 0 Å². The molecule has 0 spiro atoms. The van der Waals surface area contributed by atoms with E-state index in [2.05, 4.69) is 51.0 Å². The van der Waals surface area contributed by atoms with Crippen molar-refractivity contribution in [3.8, 4) is 0 Å². The van der Waals surface area contributed by atoms with Crippen LogP contribution in [-0.2, 0) is 44.7 Å². The molecule has 0 aromatic carbocycles. The van der Waals surface area contributed by atoms with Crippen LogP contribution in [0.5, 0.6) is 0 Å². The number of aliphatic imine (C=N–C) groups is 2. The van der Waals surface area contributed by atoms with Gasteiger partial charge >= 0.3 is 19.5 Å². The Morgan fingerprint density at radius 3 is 1.03 bits per heavy atom. The summed E-state index contributed by atoms with van der Waals surface area (Å²) in [7, 11) is 3.21. The quantitative estimate of drug-likeness (QED) is 0.113. The molecule has 0 amide bonds. The fourth-order valence-corrected chi connectivity index (χ4v) is 2.90. The summed E-state index contributed by atoms with van der Waals surface area (Å²) in [4.78, 5) is 24.7. The smallest absolute Gasteiger partial charge is 0.741 e. The molecular formula is C26H24N10S2Zn. The number of rotatable bonds is 6. The van der Waals surface area contributed by atoms with Gasteiger partial charge in [-0.2, -0.15) is 10.2 Å². The van der Waals surface area contributed by atoms with Crippen LogP contribution in [0.1, 0.15) is 22.8 Å². The Kier molecular flexibility index (Phi) is 13.9. The molecule has 13 heteroatoms. The van der Waals surface area contributed by atoms with Gasteiger partial charge in [-0.15, -0.1) is 0 Å². The number of hydrazone groups is 2. The third-order valence-electron chi connectivity index (χ3n) is 4.56. The summed E-state index contributed by atoms with van der Waals surface area (Å²) in [5.74, 6) is 0. The third kappa shape index (κ3) is 10.3. The molecule has 39 heavy (non-hydrogen) atoms. The summed E-state index contributed by atoms with van der Waals surface area (Å²) in [5, 5.41) is 9.10. The molecule has 0 bridgehead atoms. The largest absolute Gasteiger partial charge is 2.00 e. The molecule has 0 saturated heterocycles. The van der Waals surface area contributed by atoms with E-state index in [1.54, 1.807) is 38.9 Å². The fourth-order valence-electron chi connectivity index (χ4n) is 2.81. The summed E-state index contributed by atoms with van der Waals surface area (Å²) in [6.45, 7) is 0. The third-order valence-corrected chi connectivity index (χ3v) is 5.11. The number of hydrogen-bond donors (Lipinski definition) is 2. The first kappa shape index (κ1) is 31.2. The Balaban J connectivity index is 0.000000267. The van der Waals surface area contributed by atoms with Gasteiger partial charge in [-0.1, -0.05) is 24.3 Å². The summed E-state index contributed by atoms with van der Waals surface area (Å²) in [6, 6.07) is 22.4. The van der Waals surface area contributed by atoms with Crippen molar-refractivity contribution in [2.24, 2.45) is 20.2 Å². The van der Waals surface area contributed by atoms with Gasteiger partial charge in [0.15, 0.2) is 0 Å². The number of amidine groups is 2. The minimum absolute atomic E-state index is 0. The molecule has 0 aliphatic carbocycles. The molecule has 10 nitrogen and oxygen atoms in total. The Labute approximate surface area is 250 Å². The second-order valence-corrected chi connectivity index (χ2v) is 7.84. The van der Waals surface area contributed by atoms with Crippen molar-refractivity contribution in [1.82, 2.24) is 30.8 Å². The van der Waals surface area contributed by atoms with Gasteiger partial charge in [0, 0.05) is 38.9 Å². The van der Waals surface area contributed by atoms with Crippen molar-refractivity contribution in [3.05, 3.63) is 120 Å². The maximum atomic E-state index is 4.95. The molecule has 0 unspecified atom stereocenters. The number of pyridine rings is 4. The zero-order valence-electron chi connectivity index (χ0n) is 21.3. The van der Waals surface area contributed by atoms with Crippen LogP contribution in [0, 0.1) is 0 Å². The summed E-state index contributed by atoms with van der Waals surface area (Å²) in [5.41, 5.74) is 9.50. The van der Waals surface area contributed by atoms with Crippen LogP contribution < -0.4 is 10.9 Å². The first-order chi connectivity index (χ1) is 18.6. The van der Waals surface area contributed by atoms with Crippen molar-refractivity contribution in [2.45, 2.75) is 0 Å². The van der Waals surface area contributed by atoms with Gasteiger partial charge in [-0.3, -0.25) is 40.8 Å². The molecule has 0 aliphatic rings. The maximum Gasteiger partial charge on any atom is 2.00 e. The molecule has 0 saturated carbocycles. The average Bonchev–Trinajstić information content (AvgIpc) is 2.99. The number of nitrogens with zero attached hydrogens (tertiary/aromatic N) is 8. The predicted octanol–water partition coefficient (Wildman–Crippen LogP) is 2.70. The van der Waals surface area contributed by atoms with Crippen LogP contribution in [0.2, 0.25) is 0 Å². The average molecular weight is 606 g/mol. The number of nitrogens with one attached hydrogen (secondary N) is 2. The number of hydrogen-bond acceptors (Lipinski definition) is 10. The zero-order chi connectivity index (χ0) is 27.0. The fraction of sp³-hybridized carbons (Fsp3) is 0.0769. The number of aromatic nitrogens is 4. The Hall–Kier alpha value is -4.06. The Morgan fingerprint density at radius 2 is 0.821 bits per heavy atom. The zero-order valence-corrected chi connectivity index (χ0v) is 25.9.